The largest absolute Gasteiger partial charge is 0.369 e. The first-order valence-corrected chi connectivity index (χ1v) is 8.19. The normalized spacial score (nSPS) is 15.8. The van der Waals surface area contributed by atoms with Crippen LogP contribution in [0.2, 0.25) is 0 Å². The highest BCUT2D eigenvalue weighted by atomic mass is 19.1. The molecule has 3 nitrogen and oxygen atoms in total. The second-order valence-corrected chi connectivity index (χ2v) is 6.15. The number of anilines is 1. The summed E-state index contributed by atoms with van der Waals surface area (Å²) in [5, 5.41) is 3.30. The third-order valence-electron chi connectivity index (χ3n) is 4.41. The molecule has 0 amide bonds. The molecule has 122 valence electrons. The summed E-state index contributed by atoms with van der Waals surface area (Å²) in [4.78, 5) is 4.79. The van der Waals surface area contributed by atoms with Gasteiger partial charge >= 0.3 is 0 Å². The third-order valence-corrected chi connectivity index (χ3v) is 4.41. The van der Waals surface area contributed by atoms with Crippen LogP contribution < -0.4 is 10.2 Å². The average molecular weight is 313 g/mol. The molecule has 0 spiro atoms. The second kappa shape index (κ2) is 7.57. The van der Waals surface area contributed by atoms with E-state index >= 15 is 0 Å². The Hall–Kier alpha value is -1.91. The fourth-order valence-electron chi connectivity index (χ4n) is 2.87. The van der Waals surface area contributed by atoms with E-state index < -0.39 is 0 Å². The number of halogens is 1. The Morgan fingerprint density at radius 3 is 2.30 bits per heavy atom. The Kier molecular flexibility index (Phi) is 5.26. The first-order valence-electron chi connectivity index (χ1n) is 8.19. The minimum atomic E-state index is -0.148. The monoisotopic (exact) mass is 313 g/mol. The van der Waals surface area contributed by atoms with Gasteiger partial charge in [-0.05, 0) is 30.8 Å². The fourth-order valence-corrected chi connectivity index (χ4v) is 2.87. The van der Waals surface area contributed by atoms with E-state index in [1.165, 1.54) is 17.3 Å². The van der Waals surface area contributed by atoms with E-state index in [4.69, 9.17) is 0 Å². The number of rotatable bonds is 5. The first kappa shape index (κ1) is 16.0. The quantitative estimate of drug-likeness (QED) is 0.916. The molecule has 1 N–H and O–H groups in total. The summed E-state index contributed by atoms with van der Waals surface area (Å²) in [6.07, 6.45) is 0. The molecule has 1 aliphatic rings. The van der Waals surface area contributed by atoms with E-state index in [1.807, 2.05) is 12.1 Å². The van der Waals surface area contributed by atoms with E-state index in [-0.39, 0.29) is 5.82 Å². The van der Waals surface area contributed by atoms with Gasteiger partial charge in [-0.1, -0.05) is 30.3 Å². The van der Waals surface area contributed by atoms with Crippen molar-refractivity contribution in [3.63, 3.8) is 0 Å². The lowest BCUT2D eigenvalue weighted by molar-refractivity contribution is 0.313. The number of piperazine rings is 1. The van der Waals surface area contributed by atoms with Crippen molar-refractivity contribution in [3.8, 4) is 0 Å². The second-order valence-electron chi connectivity index (χ2n) is 6.15. The van der Waals surface area contributed by atoms with Crippen LogP contribution in [0.4, 0.5) is 10.1 Å². The zero-order chi connectivity index (χ0) is 16.1. The lowest BCUT2D eigenvalue weighted by Gasteiger charge is -2.34. The van der Waals surface area contributed by atoms with Gasteiger partial charge in [0.15, 0.2) is 0 Å². The summed E-state index contributed by atoms with van der Waals surface area (Å²) in [5.74, 6) is -0.148. The Labute approximate surface area is 137 Å². The Morgan fingerprint density at radius 1 is 0.913 bits per heavy atom. The van der Waals surface area contributed by atoms with Gasteiger partial charge in [0.1, 0.15) is 5.82 Å². The molecule has 2 aromatic rings. The summed E-state index contributed by atoms with van der Waals surface area (Å²) >= 11 is 0. The zero-order valence-electron chi connectivity index (χ0n) is 13.6. The molecule has 0 bridgehead atoms. The highest BCUT2D eigenvalue weighted by Crippen LogP contribution is 2.17. The Balaban J connectivity index is 1.51. The van der Waals surface area contributed by atoms with Gasteiger partial charge in [0.25, 0.3) is 0 Å². The van der Waals surface area contributed by atoms with E-state index in [0.717, 1.165) is 32.7 Å². The van der Waals surface area contributed by atoms with Crippen molar-refractivity contribution in [2.45, 2.75) is 13.1 Å². The zero-order valence-corrected chi connectivity index (χ0v) is 13.6. The molecular weight excluding hydrogens is 289 g/mol. The van der Waals surface area contributed by atoms with Crippen LogP contribution in [-0.4, -0.2) is 38.1 Å². The van der Waals surface area contributed by atoms with Gasteiger partial charge in [0.05, 0.1) is 0 Å². The molecule has 1 heterocycles. The first-order chi connectivity index (χ1) is 11.2. The van der Waals surface area contributed by atoms with Crippen LogP contribution in [0, 0.1) is 5.82 Å². The summed E-state index contributed by atoms with van der Waals surface area (Å²) < 4.78 is 13.6. The van der Waals surface area contributed by atoms with Crippen LogP contribution in [0.1, 0.15) is 11.1 Å². The van der Waals surface area contributed by atoms with Gasteiger partial charge in [0, 0.05) is 50.5 Å². The molecule has 0 aliphatic carbocycles. The van der Waals surface area contributed by atoms with E-state index in [2.05, 4.69) is 46.4 Å². The maximum absolute atomic E-state index is 13.6. The van der Waals surface area contributed by atoms with Crippen LogP contribution >= 0.6 is 0 Å². The predicted octanol–water partition coefficient (Wildman–Crippen LogP) is 2.87. The van der Waals surface area contributed by atoms with Crippen molar-refractivity contribution in [1.82, 2.24) is 10.2 Å². The van der Waals surface area contributed by atoms with Gasteiger partial charge in [-0.25, -0.2) is 4.39 Å². The summed E-state index contributed by atoms with van der Waals surface area (Å²) in [7, 11) is 2.17. The molecule has 2 aromatic carbocycles. The van der Waals surface area contributed by atoms with E-state index in [0.29, 0.717) is 12.1 Å². The van der Waals surface area contributed by atoms with Crippen LogP contribution in [-0.2, 0) is 13.1 Å². The molecular formula is C19H24FN3. The minimum Gasteiger partial charge on any atom is -0.369 e. The highest BCUT2D eigenvalue weighted by molar-refractivity contribution is 5.48. The molecule has 3 rings (SSSR count). The third kappa shape index (κ3) is 4.30. The molecule has 1 fully saturated rings. The summed E-state index contributed by atoms with van der Waals surface area (Å²) in [5.41, 5.74) is 3.22. The van der Waals surface area contributed by atoms with Crippen molar-refractivity contribution in [2.75, 3.05) is 38.1 Å². The smallest absolute Gasteiger partial charge is 0.127 e. The number of hydrogen-bond donors (Lipinski definition) is 1. The van der Waals surface area contributed by atoms with Gasteiger partial charge in [-0.3, -0.25) is 0 Å². The molecule has 0 unspecified atom stereocenters. The van der Waals surface area contributed by atoms with E-state index in [9.17, 15) is 4.39 Å². The van der Waals surface area contributed by atoms with Crippen molar-refractivity contribution in [1.29, 1.82) is 0 Å². The van der Waals surface area contributed by atoms with Crippen molar-refractivity contribution >= 4 is 5.69 Å². The lowest BCUT2D eigenvalue weighted by Crippen LogP contribution is -2.44. The number of nitrogens with one attached hydrogen (secondary N) is 1. The molecule has 0 aromatic heterocycles. The van der Waals surface area contributed by atoms with Crippen LogP contribution in [0.3, 0.4) is 0 Å². The SMILES string of the molecule is CN1CCN(c2ccc(CNCc3ccccc3F)cc2)CC1. The maximum atomic E-state index is 13.6. The Bertz CT molecular complexity index is 619. The summed E-state index contributed by atoms with van der Waals surface area (Å²) in [6, 6.07) is 15.6. The fraction of sp³-hybridized carbons (Fsp3) is 0.368. The topological polar surface area (TPSA) is 18.5 Å². The summed E-state index contributed by atoms with van der Waals surface area (Å²) in [6.45, 7) is 5.70. The van der Waals surface area contributed by atoms with Crippen molar-refractivity contribution in [2.24, 2.45) is 0 Å². The molecule has 0 radical (unpaired) electrons. The molecule has 4 heteroatoms. The highest BCUT2D eigenvalue weighted by Gasteiger charge is 2.13. The van der Waals surface area contributed by atoms with Crippen molar-refractivity contribution in [3.05, 3.63) is 65.5 Å². The lowest BCUT2D eigenvalue weighted by atomic mass is 10.1. The molecule has 23 heavy (non-hydrogen) atoms. The van der Waals surface area contributed by atoms with Gasteiger partial charge in [0.2, 0.25) is 0 Å². The standard InChI is InChI=1S/C19H24FN3/c1-22-10-12-23(13-11-22)18-8-6-16(7-9-18)14-21-15-17-4-2-3-5-19(17)20/h2-9,21H,10-15H2,1H3. The van der Waals surface area contributed by atoms with Gasteiger partial charge in [-0.15, -0.1) is 0 Å². The van der Waals surface area contributed by atoms with Crippen LogP contribution in [0.15, 0.2) is 48.5 Å². The predicted molar refractivity (Wildman–Crippen MR) is 93.1 cm³/mol. The van der Waals surface area contributed by atoms with Gasteiger partial charge in [-0.2, -0.15) is 0 Å². The van der Waals surface area contributed by atoms with E-state index in [1.54, 1.807) is 6.07 Å². The maximum Gasteiger partial charge on any atom is 0.127 e. The number of nitrogens with zero attached hydrogens (tertiary/aromatic N) is 2. The average Bonchev–Trinajstić information content (AvgIpc) is 2.58. The van der Waals surface area contributed by atoms with Crippen LogP contribution in [0.5, 0.6) is 0 Å². The Morgan fingerprint density at radius 2 is 1.61 bits per heavy atom. The molecule has 0 atom stereocenters. The van der Waals surface area contributed by atoms with Crippen molar-refractivity contribution < 1.29 is 4.39 Å². The molecule has 1 saturated heterocycles. The van der Waals surface area contributed by atoms with Gasteiger partial charge < -0.3 is 15.1 Å². The van der Waals surface area contributed by atoms with Crippen LogP contribution in [0.25, 0.3) is 0 Å². The number of hydrogen-bond acceptors (Lipinski definition) is 3. The number of likely N-dealkylation sites (N-methyl/N-ethyl adjacent to an activating group) is 1. The molecule has 1 aliphatic heterocycles. The number of benzene rings is 2. The minimum absolute atomic E-state index is 0.148. The molecule has 0 saturated carbocycles.